The van der Waals surface area contributed by atoms with Crippen molar-refractivity contribution in [2.24, 2.45) is 0 Å². The van der Waals surface area contributed by atoms with Gasteiger partial charge in [-0.05, 0) is 24.3 Å². The molecule has 9 nitrogen and oxygen atoms in total. The number of methoxy groups -OCH3 is 4. The number of hydrogen-bond acceptors (Lipinski definition) is 9. The molecule has 1 saturated heterocycles. The van der Waals surface area contributed by atoms with Crippen molar-refractivity contribution in [1.82, 2.24) is 9.29 Å². The van der Waals surface area contributed by atoms with Crippen molar-refractivity contribution in [1.29, 1.82) is 0 Å². The molecule has 0 spiro atoms. The number of ether oxygens (including phenoxy) is 4. The first-order valence-electron chi connectivity index (χ1n) is 10.6. The summed E-state index contributed by atoms with van der Waals surface area (Å²) in [5.74, 6) is 2.26. The van der Waals surface area contributed by atoms with Crippen molar-refractivity contribution in [2.45, 2.75) is 4.90 Å². The van der Waals surface area contributed by atoms with Gasteiger partial charge in [-0.15, -0.1) is 11.3 Å². The molecule has 4 rings (SSSR count). The van der Waals surface area contributed by atoms with Gasteiger partial charge in [0.25, 0.3) is 0 Å². The lowest BCUT2D eigenvalue weighted by Crippen LogP contribution is -2.48. The van der Waals surface area contributed by atoms with E-state index in [1.807, 2.05) is 23.6 Å². The van der Waals surface area contributed by atoms with Crippen LogP contribution in [-0.4, -0.2) is 72.3 Å². The standard InChI is InChI=1S/C23H27N3O6S2/c1-29-16-5-7-18(21(13-16)31-3)19-15-33-23(24-19)25-9-11-26(12-10-25)34(27,28)17-6-8-20(30-2)22(14-17)32-4/h5-8,13-15H,9-12H2,1-4H3. The van der Waals surface area contributed by atoms with Crippen molar-refractivity contribution >= 4 is 26.5 Å². The molecule has 1 fully saturated rings. The number of piperazine rings is 1. The Morgan fingerprint density at radius 2 is 1.53 bits per heavy atom. The van der Waals surface area contributed by atoms with Gasteiger partial charge in [0.1, 0.15) is 11.5 Å². The number of benzene rings is 2. The highest BCUT2D eigenvalue weighted by atomic mass is 32.2. The van der Waals surface area contributed by atoms with Crippen LogP contribution in [0.3, 0.4) is 0 Å². The number of nitrogens with zero attached hydrogens (tertiary/aromatic N) is 3. The van der Waals surface area contributed by atoms with Crippen LogP contribution in [-0.2, 0) is 10.0 Å². The van der Waals surface area contributed by atoms with Crippen molar-refractivity contribution in [2.75, 3.05) is 59.5 Å². The number of rotatable bonds is 8. The van der Waals surface area contributed by atoms with E-state index in [1.54, 1.807) is 26.4 Å². The van der Waals surface area contributed by atoms with Gasteiger partial charge in [-0.25, -0.2) is 13.4 Å². The summed E-state index contributed by atoms with van der Waals surface area (Å²) in [5, 5.41) is 2.82. The Hall–Kier alpha value is -3.02. The largest absolute Gasteiger partial charge is 0.497 e. The minimum absolute atomic E-state index is 0.182. The Balaban J connectivity index is 1.47. The summed E-state index contributed by atoms with van der Waals surface area (Å²) < 4.78 is 49.1. The third kappa shape index (κ3) is 4.63. The van der Waals surface area contributed by atoms with Crippen LogP contribution < -0.4 is 23.8 Å². The molecular formula is C23H27N3O6S2. The van der Waals surface area contributed by atoms with Gasteiger partial charge in [0.15, 0.2) is 16.6 Å². The molecule has 1 aliphatic heterocycles. The molecule has 1 aliphatic rings. The van der Waals surface area contributed by atoms with E-state index in [2.05, 4.69) is 4.90 Å². The molecule has 11 heteroatoms. The first-order chi connectivity index (χ1) is 16.4. The van der Waals surface area contributed by atoms with Gasteiger partial charge in [0.2, 0.25) is 10.0 Å². The van der Waals surface area contributed by atoms with Gasteiger partial charge in [-0.3, -0.25) is 0 Å². The molecule has 34 heavy (non-hydrogen) atoms. The highest BCUT2D eigenvalue weighted by Gasteiger charge is 2.30. The second kappa shape index (κ2) is 10.1. The molecule has 0 saturated carbocycles. The van der Waals surface area contributed by atoms with E-state index >= 15 is 0 Å². The van der Waals surface area contributed by atoms with Gasteiger partial charge in [0.05, 0.1) is 39.0 Å². The van der Waals surface area contributed by atoms with Gasteiger partial charge >= 0.3 is 0 Å². The predicted octanol–water partition coefficient (Wildman–Crippen LogP) is 3.36. The van der Waals surface area contributed by atoms with Crippen LogP contribution in [0.2, 0.25) is 0 Å². The second-order valence-electron chi connectivity index (χ2n) is 7.49. The van der Waals surface area contributed by atoms with E-state index in [0.717, 1.165) is 16.4 Å². The van der Waals surface area contributed by atoms with E-state index in [4.69, 9.17) is 23.9 Å². The molecule has 0 radical (unpaired) electrons. The topological polar surface area (TPSA) is 90.4 Å². The summed E-state index contributed by atoms with van der Waals surface area (Å²) >= 11 is 1.52. The molecule has 0 aliphatic carbocycles. The molecule has 0 amide bonds. The maximum Gasteiger partial charge on any atom is 0.243 e. The summed E-state index contributed by atoms with van der Waals surface area (Å²) in [6.45, 7) is 1.80. The summed E-state index contributed by atoms with van der Waals surface area (Å²) in [6, 6.07) is 10.3. The molecule has 0 bridgehead atoms. The van der Waals surface area contributed by atoms with Gasteiger partial charge < -0.3 is 23.8 Å². The van der Waals surface area contributed by atoms with Crippen molar-refractivity contribution in [3.05, 3.63) is 41.8 Å². The number of sulfonamides is 1. The minimum atomic E-state index is -3.65. The van der Waals surface area contributed by atoms with Crippen molar-refractivity contribution in [3.63, 3.8) is 0 Å². The van der Waals surface area contributed by atoms with E-state index < -0.39 is 10.0 Å². The first kappa shape index (κ1) is 24.1. The maximum absolute atomic E-state index is 13.2. The van der Waals surface area contributed by atoms with Crippen LogP contribution in [0.25, 0.3) is 11.3 Å². The van der Waals surface area contributed by atoms with Crippen LogP contribution in [0.15, 0.2) is 46.7 Å². The quantitative estimate of drug-likeness (QED) is 0.460. The lowest BCUT2D eigenvalue weighted by Gasteiger charge is -2.33. The minimum Gasteiger partial charge on any atom is -0.497 e. The zero-order valence-electron chi connectivity index (χ0n) is 19.5. The Morgan fingerprint density at radius 3 is 2.18 bits per heavy atom. The number of aromatic nitrogens is 1. The molecular weight excluding hydrogens is 478 g/mol. The maximum atomic E-state index is 13.2. The van der Waals surface area contributed by atoms with E-state index in [0.29, 0.717) is 49.2 Å². The Morgan fingerprint density at radius 1 is 0.824 bits per heavy atom. The third-order valence-electron chi connectivity index (χ3n) is 5.68. The monoisotopic (exact) mass is 505 g/mol. The van der Waals surface area contributed by atoms with E-state index in [1.165, 1.54) is 35.9 Å². The van der Waals surface area contributed by atoms with Crippen molar-refractivity contribution in [3.8, 4) is 34.3 Å². The smallest absolute Gasteiger partial charge is 0.243 e. The molecule has 0 atom stereocenters. The molecule has 1 aromatic heterocycles. The lowest BCUT2D eigenvalue weighted by atomic mass is 10.1. The lowest BCUT2D eigenvalue weighted by molar-refractivity contribution is 0.353. The second-order valence-corrected chi connectivity index (χ2v) is 10.3. The van der Waals surface area contributed by atoms with Crippen LogP contribution >= 0.6 is 11.3 Å². The molecule has 2 heterocycles. The number of anilines is 1. The average Bonchev–Trinajstić information content (AvgIpc) is 3.38. The Bertz CT molecular complexity index is 1250. The summed E-state index contributed by atoms with van der Waals surface area (Å²) in [5.41, 5.74) is 1.68. The summed E-state index contributed by atoms with van der Waals surface area (Å²) in [4.78, 5) is 7.06. The van der Waals surface area contributed by atoms with Gasteiger partial charge in [0, 0.05) is 49.3 Å². The molecule has 2 aromatic carbocycles. The Kier molecular flexibility index (Phi) is 7.15. The summed E-state index contributed by atoms with van der Waals surface area (Å²) in [7, 11) is 2.57. The SMILES string of the molecule is COc1ccc(-c2csc(N3CCN(S(=O)(=O)c4ccc(OC)c(OC)c4)CC3)n2)c(OC)c1. The van der Waals surface area contributed by atoms with Crippen LogP contribution in [0.1, 0.15) is 0 Å². The van der Waals surface area contributed by atoms with Gasteiger partial charge in [-0.2, -0.15) is 4.31 Å². The fourth-order valence-electron chi connectivity index (χ4n) is 3.79. The van der Waals surface area contributed by atoms with E-state index in [-0.39, 0.29) is 4.90 Å². The van der Waals surface area contributed by atoms with Crippen LogP contribution in [0.5, 0.6) is 23.0 Å². The fourth-order valence-corrected chi connectivity index (χ4v) is 6.11. The summed E-state index contributed by atoms with van der Waals surface area (Å²) in [6.07, 6.45) is 0. The molecule has 3 aromatic rings. The Labute approximate surface area is 203 Å². The predicted molar refractivity (Wildman–Crippen MR) is 131 cm³/mol. The molecule has 0 N–H and O–H groups in total. The highest BCUT2D eigenvalue weighted by molar-refractivity contribution is 7.89. The fraction of sp³-hybridized carbons (Fsp3) is 0.348. The molecule has 182 valence electrons. The zero-order chi connectivity index (χ0) is 24.3. The number of hydrogen-bond donors (Lipinski definition) is 0. The van der Waals surface area contributed by atoms with Gasteiger partial charge in [-0.1, -0.05) is 0 Å². The molecule has 0 unspecified atom stereocenters. The average molecular weight is 506 g/mol. The zero-order valence-corrected chi connectivity index (χ0v) is 21.1. The van der Waals surface area contributed by atoms with Crippen LogP contribution in [0, 0.1) is 0 Å². The first-order valence-corrected chi connectivity index (χ1v) is 12.9. The highest BCUT2D eigenvalue weighted by Crippen LogP contribution is 2.36. The normalized spacial score (nSPS) is 14.6. The number of thiazole rings is 1. The van der Waals surface area contributed by atoms with Crippen molar-refractivity contribution < 1.29 is 27.4 Å². The van der Waals surface area contributed by atoms with E-state index in [9.17, 15) is 8.42 Å². The third-order valence-corrected chi connectivity index (χ3v) is 8.47. The van der Waals surface area contributed by atoms with Crippen LogP contribution in [0.4, 0.5) is 5.13 Å².